The van der Waals surface area contributed by atoms with E-state index < -0.39 is 0 Å². The highest BCUT2D eigenvalue weighted by Crippen LogP contribution is 2.27. The molecular weight excluding hydrogens is 354 g/mol. The molecule has 26 heavy (non-hydrogen) atoms. The predicted molar refractivity (Wildman–Crippen MR) is 103 cm³/mol. The first-order valence-electron chi connectivity index (χ1n) is 7.66. The van der Waals surface area contributed by atoms with Gasteiger partial charge in [-0.05, 0) is 18.2 Å². The number of anilines is 1. The Hall–Kier alpha value is -3.32. The lowest BCUT2D eigenvalue weighted by molar-refractivity contribution is 0.417. The van der Waals surface area contributed by atoms with Crippen molar-refractivity contribution in [1.82, 2.24) is 9.97 Å². The zero-order valence-corrected chi connectivity index (χ0v) is 14.6. The minimum atomic E-state index is -0.328. The van der Waals surface area contributed by atoms with E-state index in [9.17, 15) is 4.79 Å². The highest BCUT2D eigenvalue weighted by atomic mass is 35.5. The molecule has 0 radical (unpaired) electrons. The van der Waals surface area contributed by atoms with Crippen LogP contribution in [0.5, 0.6) is 5.75 Å². The van der Waals surface area contributed by atoms with Crippen LogP contribution in [0.3, 0.4) is 0 Å². The van der Waals surface area contributed by atoms with Gasteiger partial charge in [0.15, 0.2) is 0 Å². The molecule has 0 saturated carbocycles. The molecular formula is C18H16ClN5O2. The van der Waals surface area contributed by atoms with Crippen molar-refractivity contribution in [2.24, 2.45) is 10.7 Å². The molecule has 132 valence electrons. The predicted octanol–water partition coefficient (Wildman–Crippen LogP) is 3.16. The second kappa shape index (κ2) is 7.71. The minimum absolute atomic E-state index is 0.0268. The van der Waals surface area contributed by atoms with Gasteiger partial charge in [0.1, 0.15) is 5.75 Å². The summed E-state index contributed by atoms with van der Waals surface area (Å²) in [6, 6.07) is 15.8. The van der Waals surface area contributed by atoms with Crippen LogP contribution in [0.2, 0.25) is 5.02 Å². The SMILES string of the molecule is COc1ccc(Cl)cc1N/C(N)=N/c1nc(-c2ccccc2)cc(=O)[nH]1. The zero-order chi connectivity index (χ0) is 18.5. The average molecular weight is 370 g/mol. The number of nitrogens with zero attached hydrogens (tertiary/aromatic N) is 2. The molecule has 0 aliphatic heterocycles. The average Bonchev–Trinajstić information content (AvgIpc) is 2.62. The fourth-order valence-electron chi connectivity index (χ4n) is 2.31. The number of aromatic amines is 1. The van der Waals surface area contributed by atoms with Crippen molar-refractivity contribution >= 4 is 29.2 Å². The molecule has 3 aromatic rings. The topological polar surface area (TPSA) is 105 Å². The van der Waals surface area contributed by atoms with Gasteiger partial charge in [0.2, 0.25) is 11.9 Å². The van der Waals surface area contributed by atoms with Crippen LogP contribution in [-0.4, -0.2) is 23.0 Å². The maximum absolute atomic E-state index is 11.9. The van der Waals surface area contributed by atoms with Gasteiger partial charge in [0.05, 0.1) is 18.5 Å². The Morgan fingerprint density at radius 1 is 1.23 bits per heavy atom. The maximum atomic E-state index is 11.9. The van der Waals surface area contributed by atoms with Crippen molar-refractivity contribution in [3.63, 3.8) is 0 Å². The summed E-state index contributed by atoms with van der Waals surface area (Å²) >= 11 is 5.99. The number of methoxy groups -OCH3 is 1. The lowest BCUT2D eigenvalue weighted by Gasteiger charge is -2.10. The van der Waals surface area contributed by atoms with E-state index in [4.69, 9.17) is 22.1 Å². The Morgan fingerprint density at radius 3 is 2.73 bits per heavy atom. The van der Waals surface area contributed by atoms with Gasteiger partial charge in [-0.15, -0.1) is 0 Å². The van der Waals surface area contributed by atoms with E-state index >= 15 is 0 Å². The summed E-state index contributed by atoms with van der Waals surface area (Å²) in [5.74, 6) is 0.660. The van der Waals surface area contributed by atoms with E-state index in [-0.39, 0.29) is 17.5 Å². The van der Waals surface area contributed by atoms with Gasteiger partial charge in [-0.1, -0.05) is 41.9 Å². The fourth-order valence-corrected chi connectivity index (χ4v) is 2.48. The number of halogens is 1. The Balaban J connectivity index is 1.91. The Labute approximate surface area is 154 Å². The quantitative estimate of drug-likeness (QED) is 0.484. The third-order valence-corrected chi connectivity index (χ3v) is 3.68. The van der Waals surface area contributed by atoms with Gasteiger partial charge in [0, 0.05) is 16.7 Å². The van der Waals surface area contributed by atoms with Gasteiger partial charge >= 0.3 is 0 Å². The molecule has 2 aromatic carbocycles. The van der Waals surface area contributed by atoms with Crippen molar-refractivity contribution in [1.29, 1.82) is 0 Å². The molecule has 8 heteroatoms. The number of rotatable bonds is 4. The molecule has 1 aromatic heterocycles. The molecule has 0 aliphatic carbocycles. The lowest BCUT2D eigenvalue weighted by atomic mass is 10.1. The number of ether oxygens (including phenoxy) is 1. The molecule has 1 heterocycles. The maximum Gasteiger partial charge on any atom is 0.252 e. The van der Waals surface area contributed by atoms with Crippen LogP contribution in [0.15, 0.2) is 64.4 Å². The van der Waals surface area contributed by atoms with E-state index in [0.29, 0.717) is 22.2 Å². The van der Waals surface area contributed by atoms with E-state index in [0.717, 1.165) is 5.56 Å². The Kier molecular flexibility index (Phi) is 5.19. The van der Waals surface area contributed by atoms with Crippen LogP contribution in [0.25, 0.3) is 11.3 Å². The summed E-state index contributed by atoms with van der Waals surface area (Å²) in [6.45, 7) is 0. The number of H-pyrrole nitrogens is 1. The number of hydrogen-bond donors (Lipinski definition) is 3. The van der Waals surface area contributed by atoms with Crippen LogP contribution < -0.4 is 21.3 Å². The third-order valence-electron chi connectivity index (χ3n) is 3.45. The van der Waals surface area contributed by atoms with Crippen molar-refractivity contribution in [3.05, 3.63) is 70.0 Å². The molecule has 0 spiro atoms. The van der Waals surface area contributed by atoms with E-state index in [2.05, 4.69) is 20.3 Å². The largest absolute Gasteiger partial charge is 0.495 e. The third kappa shape index (κ3) is 4.20. The van der Waals surface area contributed by atoms with Crippen LogP contribution in [0, 0.1) is 0 Å². The van der Waals surface area contributed by atoms with Gasteiger partial charge < -0.3 is 15.8 Å². The summed E-state index contributed by atoms with van der Waals surface area (Å²) in [4.78, 5) is 22.9. The molecule has 0 atom stereocenters. The number of aliphatic imine (C=N–C) groups is 1. The van der Waals surface area contributed by atoms with Crippen molar-refractivity contribution in [2.45, 2.75) is 0 Å². The number of guanidine groups is 1. The van der Waals surface area contributed by atoms with E-state index in [1.165, 1.54) is 13.2 Å². The van der Waals surface area contributed by atoms with Crippen LogP contribution in [-0.2, 0) is 0 Å². The molecule has 0 fully saturated rings. The van der Waals surface area contributed by atoms with Crippen molar-refractivity contribution < 1.29 is 4.74 Å². The first-order valence-corrected chi connectivity index (χ1v) is 8.04. The van der Waals surface area contributed by atoms with Gasteiger partial charge in [-0.2, -0.15) is 4.99 Å². The Bertz CT molecular complexity index is 1000. The summed E-state index contributed by atoms with van der Waals surface area (Å²) in [5, 5.41) is 3.40. The molecule has 0 amide bonds. The molecule has 4 N–H and O–H groups in total. The first-order chi connectivity index (χ1) is 12.5. The monoisotopic (exact) mass is 369 g/mol. The van der Waals surface area contributed by atoms with Gasteiger partial charge in [0.25, 0.3) is 5.56 Å². The van der Waals surface area contributed by atoms with Gasteiger partial charge in [-0.3, -0.25) is 9.78 Å². The number of aromatic nitrogens is 2. The van der Waals surface area contributed by atoms with Crippen molar-refractivity contribution in [3.8, 4) is 17.0 Å². The summed E-state index contributed by atoms with van der Waals surface area (Å²) in [6.07, 6.45) is 0. The highest BCUT2D eigenvalue weighted by molar-refractivity contribution is 6.31. The minimum Gasteiger partial charge on any atom is -0.495 e. The molecule has 7 nitrogen and oxygen atoms in total. The molecule has 0 bridgehead atoms. The normalized spacial score (nSPS) is 11.2. The zero-order valence-electron chi connectivity index (χ0n) is 13.9. The second-order valence-corrected chi connectivity index (χ2v) is 5.72. The first kappa shape index (κ1) is 17.5. The second-order valence-electron chi connectivity index (χ2n) is 5.29. The smallest absolute Gasteiger partial charge is 0.252 e. The number of benzene rings is 2. The molecule has 0 aliphatic rings. The van der Waals surface area contributed by atoms with Crippen LogP contribution in [0.4, 0.5) is 11.6 Å². The molecule has 0 saturated heterocycles. The van der Waals surface area contributed by atoms with E-state index in [1.807, 2.05) is 30.3 Å². The summed E-state index contributed by atoms with van der Waals surface area (Å²) in [5.41, 5.74) is 7.45. The number of hydrogen-bond acceptors (Lipinski definition) is 4. The van der Waals surface area contributed by atoms with Crippen LogP contribution >= 0.6 is 11.6 Å². The highest BCUT2D eigenvalue weighted by Gasteiger charge is 2.07. The summed E-state index contributed by atoms with van der Waals surface area (Å²) < 4.78 is 5.24. The van der Waals surface area contributed by atoms with Crippen LogP contribution in [0.1, 0.15) is 0 Å². The Morgan fingerprint density at radius 2 is 2.00 bits per heavy atom. The van der Waals surface area contributed by atoms with Crippen molar-refractivity contribution in [2.75, 3.05) is 12.4 Å². The fraction of sp³-hybridized carbons (Fsp3) is 0.0556. The molecule has 0 unspecified atom stereocenters. The van der Waals surface area contributed by atoms with Gasteiger partial charge in [-0.25, -0.2) is 4.98 Å². The summed E-state index contributed by atoms with van der Waals surface area (Å²) in [7, 11) is 1.53. The lowest BCUT2D eigenvalue weighted by Crippen LogP contribution is -2.23. The number of nitrogens with one attached hydrogen (secondary N) is 2. The molecule has 3 rings (SSSR count). The van der Waals surface area contributed by atoms with E-state index in [1.54, 1.807) is 18.2 Å². The standard InChI is InChI=1S/C18H16ClN5O2/c1-26-15-8-7-12(19)9-14(15)21-17(20)24-18-22-13(10-16(25)23-18)11-5-3-2-4-6-11/h2-10H,1H3,(H4,20,21,22,23,24,25). The number of nitrogens with two attached hydrogens (primary N) is 1.